The molecular formula is C14H13F3N4O. The summed E-state index contributed by atoms with van der Waals surface area (Å²) in [5.41, 5.74) is 6.28. The quantitative estimate of drug-likeness (QED) is 0.792. The fourth-order valence-corrected chi connectivity index (χ4v) is 2.75. The van der Waals surface area contributed by atoms with Gasteiger partial charge in [0.2, 0.25) is 0 Å². The van der Waals surface area contributed by atoms with Crippen molar-refractivity contribution in [3.63, 3.8) is 0 Å². The second-order valence-corrected chi connectivity index (χ2v) is 5.13. The Hall–Kier alpha value is -2.35. The molecule has 0 spiro atoms. The Morgan fingerprint density at radius 1 is 1.32 bits per heavy atom. The number of primary amides is 1. The minimum Gasteiger partial charge on any atom is -0.350 e. The number of nitrogens with one attached hydrogen (secondary N) is 1. The minimum absolute atomic E-state index is 0.0879. The van der Waals surface area contributed by atoms with Crippen molar-refractivity contribution >= 4 is 6.03 Å². The fraction of sp³-hybridized carbons (Fsp3) is 0.286. The predicted molar refractivity (Wildman–Crippen MR) is 72.6 cm³/mol. The number of halogens is 3. The zero-order valence-corrected chi connectivity index (χ0v) is 11.7. The van der Waals surface area contributed by atoms with Crippen LogP contribution in [-0.2, 0) is 6.42 Å². The van der Waals surface area contributed by atoms with Crippen LogP contribution in [-0.4, -0.2) is 22.4 Å². The van der Waals surface area contributed by atoms with Gasteiger partial charge in [0.1, 0.15) is 11.5 Å². The van der Waals surface area contributed by atoms with Gasteiger partial charge in [-0.1, -0.05) is 0 Å². The molecule has 1 aromatic carbocycles. The summed E-state index contributed by atoms with van der Waals surface area (Å²) in [6, 6.07) is 0.167. The van der Waals surface area contributed by atoms with Gasteiger partial charge in [-0.3, -0.25) is 0 Å². The molecule has 1 amide bonds. The molecule has 0 saturated heterocycles. The molecule has 1 unspecified atom stereocenters. The van der Waals surface area contributed by atoms with E-state index in [2.05, 4.69) is 10.4 Å². The number of fused-ring (bicyclic) bond motifs is 1. The van der Waals surface area contributed by atoms with Crippen LogP contribution in [0.5, 0.6) is 0 Å². The number of nitrogens with zero attached hydrogens (tertiary/aromatic N) is 2. The molecule has 1 aliphatic heterocycles. The van der Waals surface area contributed by atoms with Gasteiger partial charge in [0.05, 0.1) is 5.69 Å². The number of nitrogens with two attached hydrogens (primary N) is 1. The van der Waals surface area contributed by atoms with E-state index in [1.807, 2.05) is 6.92 Å². The lowest BCUT2D eigenvalue weighted by molar-refractivity contribution is 0.246. The van der Waals surface area contributed by atoms with Crippen molar-refractivity contribution in [3.8, 4) is 11.3 Å². The Bertz CT molecular complexity index is 772. The van der Waals surface area contributed by atoms with E-state index in [9.17, 15) is 18.0 Å². The molecule has 2 heterocycles. The smallest absolute Gasteiger partial charge is 0.339 e. The predicted octanol–water partition coefficient (Wildman–Crippen LogP) is 2.10. The van der Waals surface area contributed by atoms with E-state index in [1.165, 1.54) is 0 Å². The molecule has 2 aromatic rings. The van der Waals surface area contributed by atoms with Gasteiger partial charge in [-0.25, -0.2) is 18.0 Å². The third kappa shape index (κ3) is 2.16. The Morgan fingerprint density at radius 2 is 2.00 bits per heavy atom. The van der Waals surface area contributed by atoms with Crippen molar-refractivity contribution < 1.29 is 18.0 Å². The lowest BCUT2D eigenvalue weighted by Crippen LogP contribution is -2.31. The summed E-state index contributed by atoms with van der Waals surface area (Å²) < 4.78 is 41.6. The molecule has 1 aromatic heterocycles. The highest BCUT2D eigenvalue weighted by atomic mass is 19.2. The number of carbonyl (C=O) groups excluding carboxylic acids is 1. The normalized spacial score (nSPS) is 17.4. The van der Waals surface area contributed by atoms with E-state index in [4.69, 9.17) is 5.73 Å². The molecule has 116 valence electrons. The van der Waals surface area contributed by atoms with Crippen LogP contribution in [0.15, 0.2) is 12.1 Å². The maximum absolute atomic E-state index is 14.0. The number of rotatable bonds is 1. The first kappa shape index (κ1) is 14.6. The van der Waals surface area contributed by atoms with E-state index in [-0.39, 0.29) is 17.3 Å². The summed E-state index contributed by atoms with van der Waals surface area (Å²) in [6.07, 6.45) is 0.473. The van der Waals surface area contributed by atoms with Crippen LogP contribution in [0.3, 0.4) is 0 Å². The maximum Gasteiger partial charge on any atom is 0.339 e. The highest BCUT2D eigenvalue weighted by Crippen LogP contribution is 2.34. The Labute approximate surface area is 123 Å². The minimum atomic E-state index is -1.28. The van der Waals surface area contributed by atoms with Gasteiger partial charge < -0.3 is 11.1 Å². The van der Waals surface area contributed by atoms with Gasteiger partial charge >= 0.3 is 6.03 Å². The average molecular weight is 310 g/mol. The SMILES string of the molecule is CC1NCCc2c1c(-c1cc(F)c(F)cc1F)nn2C(N)=O. The van der Waals surface area contributed by atoms with Gasteiger partial charge in [0.15, 0.2) is 11.6 Å². The highest BCUT2D eigenvalue weighted by molar-refractivity contribution is 5.78. The molecule has 3 rings (SSSR count). The Balaban J connectivity index is 2.28. The number of benzene rings is 1. The van der Waals surface area contributed by atoms with Crippen molar-refractivity contribution in [2.45, 2.75) is 19.4 Å². The van der Waals surface area contributed by atoms with Crippen molar-refractivity contribution in [1.29, 1.82) is 0 Å². The molecule has 0 bridgehead atoms. The van der Waals surface area contributed by atoms with Crippen molar-refractivity contribution in [2.24, 2.45) is 5.73 Å². The van der Waals surface area contributed by atoms with Gasteiger partial charge in [0.25, 0.3) is 0 Å². The topological polar surface area (TPSA) is 72.9 Å². The summed E-state index contributed by atoms with van der Waals surface area (Å²) in [5.74, 6) is -3.42. The first-order valence-corrected chi connectivity index (χ1v) is 6.70. The summed E-state index contributed by atoms with van der Waals surface area (Å²) in [6.45, 7) is 2.42. The third-order valence-electron chi connectivity index (χ3n) is 3.74. The largest absolute Gasteiger partial charge is 0.350 e. The summed E-state index contributed by atoms with van der Waals surface area (Å²) in [7, 11) is 0. The second kappa shape index (κ2) is 5.13. The third-order valence-corrected chi connectivity index (χ3v) is 3.74. The van der Waals surface area contributed by atoms with E-state index >= 15 is 0 Å². The van der Waals surface area contributed by atoms with Crippen LogP contribution < -0.4 is 11.1 Å². The van der Waals surface area contributed by atoms with Crippen LogP contribution in [0.2, 0.25) is 0 Å². The molecule has 8 heteroatoms. The van der Waals surface area contributed by atoms with Crippen LogP contribution >= 0.6 is 0 Å². The molecule has 3 N–H and O–H groups in total. The molecule has 5 nitrogen and oxygen atoms in total. The number of carbonyl (C=O) groups is 1. The van der Waals surface area contributed by atoms with E-state index < -0.39 is 23.5 Å². The second-order valence-electron chi connectivity index (χ2n) is 5.13. The van der Waals surface area contributed by atoms with Crippen LogP contribution in [0.4, 0.5) is 18.0 Å². The van der Waals surface area contributed by atoms with Gasteiger partial charge in [0, 0.05) is 36.2 Å². The molecule has 0 fully saturated rings. The zero-order valence-electron chi connectivity index (χ0n) is 11.7. The molecule has 0 radical (unpaired) electrons. The van der Waals surface area contributed by atoms with Crippen LogP contribution in [0, 0.1) is 17.5 Å². The first-order valence-electron chi connectivity index (χ1n) is 6.70. The molecule has 0 aliphatic carbocycles. The van der Waals surface area contributed by atoms with Gasteiger partial charge in [-0.15, -0.1) is 0 Å². The molecule has 1 atom stereocenters. The van der Waals surface area contributed by atoms with Crippen molar-refractivity contribution in [2.75, 3.05) is 6.54 Å². The molecular weight excluding hydrogens is 297 g/mol. The first-order chi connectivity index (χ1) is 10.4. The fourth-order valence-electron chi connectivity index (χ4n) is 2.75. The molecule has 0 saturated carbocycles. The zero-order chi connectivity index (χ0) is 16.0. The Morgan fingerprint density at radius 3 is 2.68 bits per heavy atom. The van der Waals surface area contributed by atoms with Crippen molar-refractivity contribution in [3.05, 3.63) is 40.8 Å². The molecule has 22 heavy (non-hydrogen) atoms. The average Bonchev–Trinajstić information content (AvgIpc) is 2.84. The summed E-state index contributed by atoms with van der Waals surface area (Å²) >= 11 is 0. The standard InChI is InChI=1S/C14H13F3N4O/c1-6-12-11(2-3-19-6)21(14(18)22)20-13(12)7-4-9(16)10(17)5-8(7)15/h4-6,19H,2-3H2,1H3,(H2,18,22). The number of amides is 1. The van der Waals surface area contributed by atoms with E-state index in [1.54, 1.807) is 0 Å². The number of aromatic nitrogens is 2. The molecule has 1 aliphatic rings. The maximum atomic E-state index is 14.0. The number of hydrogen-bond acceptors (Lipinski definition) is 3. The summed E-state index contributed by atoms with van der Waals surface area (Å²) in [5, 5.41) is 7.17. The monoisotopic (exact) mass is 310 g/mol. The van der Waals surface area contributed by atoms with E-state index in [0.717, 1.165) is 10.7 Å². The number of hydrogen-bond donors (Lipinski definition) is 2. The van der Waals surface area contributed by atoms with Gasteiger partial charge in [-0.05, 0) is 13.0 Å². The Kier molecular flexibility index (Phi) is 3.40. The lowest BCUT2D eigenvalue weighted by atomic mass is 9.96. The van der Waals surface area contributed by atoms with Crippen molar-refractivity contribution in [1.82, 2.24) is 15.1 Å². The van der Waals surface area contributed by atoms with Gasteiger partial charge in [-0.2, -0.15) is 9.78 Å². The highest BCUT2D eigenvalue weighted by Gasteiger charge is 2.29. The van der Waals surface area contributed by atoms with Crippen LogP contribution in [0.25, 0.3) is 11.3 Å². The summed E-state index contributed by atoms with van der Waals surface area (Å²) in [4.78, 5) is 11.5. The van der Waals surface area contributed by atoms with E-state index in [0.29, 0.717) is 30.3 Å². The lowest BCUT2D eigenvalue weighted by Gasteiger charge is -2.21. The van der Waals surface area contributed by atoms with Crippen LogP contribution in [0.1, 0.15) is 24.2 Å².